The number of amides is 3. The molecule has 0 fully saturated rings. The fourth-order valence-electron chi connectivity index (χ4n) is 3.32. The number of hydrogen-bond donors (Lipinski definition) is 3. The number of carbonyl (C=O) groups excluding carboxylic acids is 5. The molecule has 0 saturated carbocycles. The summed E-state index contributed by atoms with van der Waals surface area (Å²) in [6.45, 7) is 5.70. The molecule has 2 atom stereocenters. The Kier molecular flexibility index (Phi) is 11.6. The van der Waals surface area contributed by atoms with Crippen LogP contribution in [0.1, 0.15) is 59.0 Å². The van der Waals surface area contributed by atoms with Crippen LogP contribution in [0.4, 0.5) is 4.79 Å². The molecule has 182 valence electrons. The third-order valence-corrected chi connectivity index (χ3v) is 5.36. The van der Waals surface area contributed by atoms with E-state index in [1.165, 1.54) is 0 Å². The second-order valence-corrected chi connectivity index (χ2v) is 8.27. The van der Waals surface area contributed by atoms with Crippen LogP contribution in [0.5, 0.6) is 0 Å². The summed E-state index contributed by atoms with van der Waals surface area (Å²) in [5.41, 5.74) is 6.47. The summed E-state index contributed by atoms with van der Waals surface area (Å²) in [5.74, 6) is -1.18. The second kappa shape index (κ2) is 14.8. The van der Waals surface area contributed by atoms with Gasteiger partial charge in [0.05, 0.1) is 6.04 Å². The Hall–Kier alpha value is -3.23. The smallest absolute Gasteiger partial charge is 0.312 e. The van der Waals surface area contributed by atoms with Gasteiger partial charge in [0, 0.05) is 31.7 Å². The van der Waals surface area contributed by atoms with Gasteiger partial charge >= 0.3 is 6.03 Å². The summed E-state index contributed by atoms with van der Waals surface area (Å²) in [7, 11) is 0. The van der Waals surface area contributed by atoms with E-state index in [1.807, 2.05) is 13.8 Å². The highest BCUT2D eigenvalue weighted by Gasteiger charge is 2.28. The molecule has 9 nitrogen and oxygen atoms in total. The highest BCUT2D eigenvalue weighted by Crippen LogP contribution is 2.18. The number of carbonyl (C=O) groups is 5. The molecular formula is C24H35N3O6. The van der Waals surface area contributed by atoms with E-state index in [0.29, 0.717) is 30.4 Å². The number of nitrogens with one attached hydrogen (secondary N) is 2. The molecule has 1 aromatic rings. The quantitative estimate of drug-likeness (QED) is 0.269. The molecule has 0 spiro atoms. The zero-order valence-electron chi connectivity index (χ0n) is 20.5. The van der Waals surface area contributed by atoms with E-state index < -0.39 is 24.4 Å². The van der Waals surface area contributed by atoms with Gasteiger partial charge in [-0.1, -0.05) is 45.0 Å². The first kappa shape index (κ1) is 26.0. The van der Waals surface area contributed by atoms with E-state index in [9.17, 15) is 24.0 Å². The number of hydrogen-bond acceptors (Lipinski definition) is 6. The fourth-order valence-corrected chi connectivity index (χ4v) is 3.32. The molecule has 0 aliphatic heterocycles. The zero-order valence-corrected chi connectivity index (χ0v) is 19.5. The molecule has 4 N–H and O–H groups in total. The Morgan fingerprint density at radius 3 is 2.33 bits per heavy atom. The molecule has 0 aliphatic rings. The van der Waals surface area contributed by atoms with Crippen molar-refractivity contribution >= 4 is 30.0 Å². The minimum Gasteiger partial charge on any atom is -0.463 e. The van der Waals surface area contributed by atoms with Crippen LogP contribution < -0.4 is 16.4 Å². The lowest BCUT2D eigenvalue weighted by atomic mass is 9.88. The molecule has 33 heavy (non-hydrogen) atoms. The van der Waals surface area contributed by atoms with E-state index in [-0.39, 0.29) is 49.4 Å². The first-order valence-corrected chi connectivity index (χ1v) is 11.1. The van der Waals surface area contributed by atoms with Crippen molar-refractivity contribution < 1.29 is 30.1 Å². The van der Waals surface area contributed by atoms with Crippen molar-refractivity contribution in [2.45, 2.75) is 65.5 Å². The normalized spacial score (nSPS) is 12.9. The third-order valence-electron chi connectivity index (χ3n) is 5.36. The molecule has 0 unspecified atom stereocenters. The Bertz CT molecular complexity index is 857. The molecule has 0 aliphatic carbocycles. The van der Waals surface area contributed by atoms with Crippen LogP contribution in [0.25, 0.3) is 0 Å². The van der Waals surface area contributed by atoms with E-state index >= 15 is 0 Å². The van der Waals surface area contributed by atoms with Gasteiger partial charge in [0.25, 0.3) is 6.45 Å². The van der Waals surface area contributed by atoms with E-state index in [4.69, 9.17) is 7.10 Å². The predicted molar refractivity (Wildman–Crippen MR) is 123 cm³/mol. The van der Waals surface area contributed by atoms with Crippen molar-refractivity contribution in [3.8, 4) is 0 Å². The minimum atomic E-state index is -1.12. The molecule has 3 amide bonds. The maximum absolute atomic E-state index is 13.1. The van der Waals surface area contributed by atoms with Crippen molar-refractivity contribution in [1.29, 1.82) is 0 Å². The van der Waals surface area contributed by atoms with Crippen LogP contribution in [-0.4, -0.2) is 42.5 Å². The van der Waals surface area contributed by atoms with E-state index in [2.05, 4.69) is 15.4 Å². The molecule has 0 saturated heterocycles. The molecule has 1 rings (SSSR count). The van der Waals surface area contributed by atoms with Gasteiger partial charge in [-0.3, -0.25) is 19.2 Å². The van der Waals surface area contributed by atoms with Gasteiger partial charge < -0.3 is 21.1 Å². The van der Waals surface area contributed by atoms with Crippen LogP contribution >= 0.6 is 0 Å². The Morgan fingerprint density at radius 1 is 1.15 bits per heavy atom. The number of benzene rings is 1. The van der Waals surface area contributed by atoms with Gasteiger partial charge in [0.15, 0.2) is 7.15 Å². The first-order chi connectivity index (χ1) is 16.0. The summed E-state index contributed by atoms with van der Waals surface area (Å²) in [6.07, 6.45) is 0.131. The first-order valence-electron chi connectivity index (χ1n) is 11.6. The third kappa shape index (κ3) is 10.8. The lowest BCUT2D eigenvalue weighted by Gasteiger charge is -2.24. The molecule has 0 aromatic heterocycles. The summed E-state index contributed by atoms with van der Waals surface area (Å²) < 4.78 is 11.4. The standard InChI is InChI=1S/C24H35N3O6/c1-4-19(29)13-20(16(2)3)23(31)27-21(6-5-11-26-24(25)32)22(30)12-17-7-9-18(10-8-17)14-33-15-28/h7-10,15-16,20-21H,4-6,11-14H2,1-3H3,(H,27,31)(H3,25,26,32)/t20-,21-/m0/s1/i15D. The second-order valence-electron chi connectivity index (χ2n) is 8.27. The molecule has 0 radical (unpaired) electrons. The molecule has 0 heterocycles. The van der Waals surface area contributed by atoms with E-state index in [1.54, 1.807) is 31.2 Å². The largest absolute Gasteiger partial charge is 0.463 e. The zero-order chi connectivity index (χ0) is 25.7. The number of ketones is 2. The molecule has 1 aromatic carbocycles. The SMILES string of the molecule is [2H]C(=O)OCc1ccc(CC(=O)[C@H](CCCNC(N)=O)NC(=O)[C@@H](CC(=O)CC)C(C)C)cc1. The maximum Gasteiger partial charge on any atom is 0.312 e. The lowest BCUT2D eigenvalue weighted by molar-refractivity contribution is -0.133. The highest BCUT2D eigenvalue weighted by atomic mass is 16.5. The van der Waals surface area contributed by atoms with Crippen molar-refractivity contribution in [2.75, 3.05) is 6.54 Å². The number of Topliss-reactive ketones (excluding diaryl/α,β-unsaturated/α-hetero) is 2. The summed E-state index contributed by atoms with van der Waals surface area (Å²) >= 11 is 0. The lowest BCUT2D eigenvalue weighted by Crippen LogP contribution is -2.46. The van der Waals surface area contributed by atoms with Crippen LogP contribution in [0.15, 0.2) is 24.3 Å². The van der Waals surface area contributed by atoms with Gasteiger partial charge in [0.2, 0.25) is 5.91 Å². The topological polar surface area (TPSA) is 145 Å². The number of ether oxygens (including phenoxy) is 1. The highest BCUT2D eigenvalue weighted by molar-refractivity contribution is 5.92. The Labute approximate surface area is 196 Å². The molecular weight excluding hydrogens is 426 g/mol. The average Bonchev–Trinajstić information content (AvgIpc) is 2.78. The number of primary amides is 1. The monoisotopic (exact) mass is 462 g/mol. The summed E-state index contributed by atoms with van der Waals surface area (Å²) in [4.78, 5) is 59.5. The van der Waals surface area contributed by atoms with Gasteiger partial charge in [0.1, 0.15) is 12.4 Å². The molecule has 0 bridgehead atoms. The predicted octanol–water partition coefficient (Wildman–Crippen LogP) is 2.05. The molecule has 9 heteroatoms. The van der Waals surface area contributed by atoms with E-state index in [0.717, 1.165) is 0 Å². The minimum absolute atomic E-state index is 0.0152. The van der Waals surface area contributed by atoms with Crippen molar-refractivity contribution in [1.82, 2.24) is 10.6 Å². The van der Waals surface area contributed by atoms with Gasteiger partial charge in [-0.25, -0.2) is 4.79 Å². The number of urea groups is 1. The number of rotatable bonds is 15. The van der Waals surface area contributed by atoms with Crippen LogP contribution in [0.2, 0.25) is 0 Å². The summed E-state index contributed by atoms with van der Waals surface area (Å²) in [6, 6.07) is 5.37. The number of nitrogens with two attached hydrogens (primary N) is 1. The van der Waals surface area contributed by atoms with Crippen molar-refractivity contribution in [3.05, 3.63) is 35.4 Å². The Morgan fingerprint density at radius 2 is 1.79 bits per heavy atom. The van der Waals surface area contributed by atoms with Crippen LogP contribution in [0.3, 0.4) is 0 Å². The van der Waals surface area contributed by atoms with Gasteiger partial charge in [-0.05, 0) is 29.9 Å². The van der Waals surface area contributed by atoms with Gasteiger partial charge in [-0.2, -0.15) is 0 Å². The average molecular weight is 463 g/mol. The van der Waals surface area contributed by atoms with Crippen molar-refractivity contribution in [2.24, 2.45) is 17.6 Å². The van der Waals surface area contributed by atoms with Crippen LogP contribution in [-0.2, 0) is 36.9 Å². The van der Waals surface area contributed by atoms with Crippen LogP contribution in [0, 0.1) is 11.8 Å². The Balaban J connectivity index is 2.89. The maximum atomic E-state index is 13.1. The summed E-state index contributed by atoms with van der Waals surface area (Å²) in [5, 5.41) is 5.28. The van der Waals surface area contributed by atoms with Gasteiger partial charge in [-0.15, -0.1) is 0 Å². The van der Waals surface area contributed by atoms with Crippen molar-refractivity contribution in [3.63, 3.8) is 0 Å². The fraction of sp³-hybridized carbons (Fsp3) is 0.542.